The zero-order chi connectivity index (χ0) is 12.9. The normalized spacial score (nSPS) is 24.8. The number of nitrogens with zero attached hydrogens (tertiary/aromatic N) is 2. The minimum atomic E-state index is 0.382. The van der Waals surface area contributed by atoms with Crippen LogP contribution in [0.2, 0.25) is 0 Å². The maximum Gasteiger partial charge on any atom is 0.148 e. The Balaban J connectivity index is 1.89. The molecule has 4 N–H and O–H groups in total. The number of hydrogen-bond acceptors (Lipinski definition) is 5. The third kappa shape index (κ3) is 2.03. The minimum Gasteiger partial charge on any atom is -0.366 e. The van der Waals surface area contributed by atoms with Gasteiger partial charge in [-0.05, 0) is 31.6 Å². The molecule has 2 aliphatic rings. The molecule has 0 saturated heterocycles. The molecule has 98 valence electrons. The van der Waals surface area contributed by atoms with Crippen LogP contribution in [-0.4, -0.2) is 16.0 Å². The minimum absolute atomic E-state index is 0.382. The van der Waals surface area contributed by atoms with Crippen molar-refractivity contribution in [1.29, 1.82) is 0 Å². The Morgan fingerprint density at radius 1 is 1.22 bits per heavy atom. The molecule has 1 unspecified atom stereocenters. The average Bonchev–Trinajstić information content (AvgIpc) is 3.20. The van der Waals surface area contributed by atoms with Gasteiger partial charge in [-0.15, -0.1) is 0 Å². The number of nitrogens with two attached hydrogens (primary N) is 1. The van der Waals surface area contributed by atoms with E-state index in [1.807, 2.05) is 6.92 Å². The molecule has 5 heteroatoms. The fourth-order valence-corrected chi connectivity index (χ4v) is 2.22. The Morgan fingerprint density at radius 3 is 2.33 bits per heavy atom. The van der Waals surface area contributed by atoms with Gasteiger partial charge in [-0.25, -0.2) is 15.8 Å². The molecular weight excluding hydrogens is 226 g/mol. The lowest BCUT2D eigenvalue weighted by Crippen LogP contribution is -2.17. The first-order valence-electron chi connectivity index (χ1n) is 6.63. The first kappa shape index (κ1) is 11.7. The molecule has 1 heterocycles. The second kappa shape index (κ2) is 3.82. The number of nitrogens with one attached hydrogen (secondary N) is 2. The molecule has 0 radical (unpaired) electrons. The summed E-state index contributed by atoms with van der Waals surface area (Å²) in [5, 5.41) is 3.53. The van der Waals surface area contributed by atoms with Crippen LogP contribution in [-0.2, 0) is 0 Å². The molecule has 3 rings (SSSR count). The van der Waals surface area contributed by atoms with Gasteiger partial charge >= 0.3 is 0 Å². The molecule has 1 aromatic heterocycles. The van der Waals surface area contributed by atoms with Crippen molar-refractivity contribution in [2.75, 3.05) is 10.7 Å². The molecule has 0 aromatic carbocycles. The Kier molecular flexibility index (Phi) is 2.48. The summed E-state index contributed by atoms with van der Waals surface area (Å²) in [6, 6.07) is 0.517. The lowest BCUT2D eigenvalue weighted by Gasteiger charge is -2.14. The van der Waals surface area contributed by atoms with Gasteiger partial charge in [0.05, 0.1) is 0 Å². The first-order valence-corrected chi connectivity index (χ1v) is 6.63. The van der Waals surface area contributed by atoms with E-state index in [0.29, 0.717) is 17.4 Å². The van der Waals surface area contributed by atoms with Crippen LogP contribution in [0, 0.1) is 12.3 Å². The second-order valence-corrected chi connectivity index (χ2v) is 6.21. The summed E-state index contributed by atoms with van der Waals surface area (Å²) in [6.07, 6.45) is 3.59. The molecule has 2 saturated carbocycles. The highest BCUT2D eigenvalue weighted by Gasteiger charge is 2.46. The molecule has 0 spiro atoms. The third-order valence-corrected chi connectivity index (χ3v) is 4.07. The van der Waals surface area contributed by atoms with E-state index in [2.05, 4.69) is 34.6 Å². The summed E-state index contributed by atoms with van der Waals surface area (Å²) >= 11 is 0. The van der Waals surface area contributed by atoms with E-state index in [1.54, 1.807) is 0 Å². The van der Waals surface area contributed by atoms with Crippen LogP contribution in [0.15, 0.2) is 0 Å². The Hall–Kier alpha value is -1.36. The van der Waals surface area contributed by atoms with Crippen molar-refractivity contribution in [3.63, 3.8) is 0 Å². The summed E-state index contributed by atoms with van der Waals surface area (Å²) < 4.78 is 0. The highest BCUT2D eigenvalue weighted by Crippen LogP contribution is 2.47. The van der Waals surface area contributed by atoms with Gasteiger partial charge < -0.3 is 10.7 Å². The van der Waals surface area contributed by atoms with Gasteiger partial charge in [-0.1, -0.05) is 13.8 Å². The van der Waals surface area contributed by atoms with Crippen molar-refractivity contribution in [2.24, 2.45) is 11.3 Å². The average molecular weight is 247 g/mol. The summed E-state index contributed by atoms with van der Waals surface area (Å²) in [6.45, 7) is 6.54. The maximum atomic E-state index is 5.54. The highest BCUT2D eigenvalue weighted by atomic mass is 15.3. The van der Waals surface area contributed by atoms with Gasteiger partial charge in [-0.3, -0.25) is 0 Å². The van der Waals surface area contributed by atoms with Crippen molar-refractivity contribution < 1.29 is 0 Å². The molecular formula is C13H21N5. The molecule has 18 heavy (non-hydrogen) atoms. The molecule has 0 bridgehead atoms. The quantitative estimate of drug-likeness (QED) is 0.561. The molecule has 0 amide bonds. The number of rotatable bonds is 4. The number of nitrogen functional groups attached to an aromatic ring is 1. The van der Waals surface area contributed by atoms with E-state index >= 15 is 0 Å². The van der Waals surface area contributed by atoms with Crippen molar-refractivity contribution in [2.45, 2.75) is 52.0 Å². The SMILES string of the molecule is Cc1c(NN)nc(C2CC2)nc1NC1CC1(C)C. The largest absolute Gasteiger partial charge is 0.366 e. The number of aromatic nitrogens is 2. The topological polar surface area (TPSA) is 75.9 Å². The van der Waals surface area contributed by atoms with Crippen LogP contribution in [0.4, 0.5) is 11.6 Å². The fraction of sp³-hybridized carbons (Fsp3) is 0.692. The second-order valence-electron chi connectivity index (χ2n) is 6.21. The van der Waals surface area contributed by atoms with Crippen LogP contribution in [0.1, 0.15) is 50.4 Å². The first-order chi connectivity index (χ1) is 8.51. The van der Waals surface area contributed by atoms with E-state index in [9.17, 15) is 0 Å². The van der Waals surface area contributed by atoms with Crippen LogP contribution >= 0.6 is 0 Å². The molecule has 0 aliphatic heterocycles. The summed E-state index contributed by atoms with van der Waals surface area (Å²) in [5.74, 6) is 8.68. The molecule has 1 atom stereocenters. The van der Waals surface area contributed by atoms with E-state index in [0.717, 1.165) is 23.0 Å². The maximum absolute atomic E-state index is 5.54. The Morgan fingerprint density at radius 2 is 1.83 bits per heavy atom. The number of hydrazine groups is 1. The molecule has 2 fully saturated rings. The van der Waals surface area contributed by atoms with Gasteiger partial charge in [0.1, 0.15) is 17.5 Å². The van der Waals surface area contributed by atoms with E-state index in [4.69, 9.17) is 5.84 Å². The standard InChI is InChI=1S/C13H21N5/c1-7-10(15-9-6-13(9,2)3)16-12(8-4-5-8)17-11(7)18-14/h8-9H,4-6,14H2,1-3H3,(H2,15,16,17,18). The van der Waals surface area contributed by atoms with Crippen molar-refractivity contribution in [1.82, 2.24) is 9.97 Å². The number of anilines is 2. The predicted molar refractivity (Wildman–Crippen MR) is 72.4 cm³/mol. The fourth-order valence-electron chi connectivity index (χ4n) is 2.22. The van der Waals surface area contributed by atoms with Gasteiger partial charge in [0.15, 0.2) is 0 Å². The molecule has 2 aliphatic carbocycles. The van der Waals surface area contributed by atoms with Crippen LogP contribution < -0.4 is 16.6 Å². The van der Waals surface area contributed by atoms with Crippen molar-refractivity contribution in [3.8, 4) is 0 Å². The zero-order valence-corrected chi connectivity index (χ0v) is 11.2. The summed E-state index contributed by atoms with van der Waals surface area (Å²) in [5.41, 5.74) is 4.07. The van der Waals surface area contributed by atoms with Crippen LogP contribution in [0.5, 0.6) is 0 Å². The van der Waals surface area contributed by atoms with Crippen LogP contribution in [0.3, 0.4) is 0 Å². The van der Waals surface area contributed by atoms with E-state index in [-0.39, 0.29) is 0 Å². The summed E-state index contributed by atoms with van der Waals surface area (Å²) in [4.78, 5) is 9.16. The molecule has 5 nitrogen and oxygen atoms in total. The monoisotopic (exact) mass is 247 g/mol. The Labute approximate surface area is 108 Å². The molecule has 1 aromatic rings. The van der Waals surface area contributed by atoms with Crippen molar-refractivity contribution >= 4 is 11.6 Å². The Bertz CT molecular complexity index is 479. The predicted octanol–water partition coefficient (Wildman–Crippen LogP) is 2.16. The van der Waals surface area contributed by atoms with E-state index in [1.165, 1.54) is 19.3 Å². The lowest BCUT2D eigenvalue weighted by molar-refractivity contribution is 0.629. The van der Waals surface area contributed by atoms with E-state index < -0.39 is 0 Å². The highest BCUT2D eigenvalue weighted by molar-refractivity contribution is 5.58. The van der Waals surface area contributed by atoms with Gasteiger partial charge in [0.25, 0.3) is 0 Å². The van der Waals surface area contributed by atoms with Gasteiger partial charge in [0, 0.05) is 17.5 Å². The number of hydrogen-bond donors (Lipinski definition) is 3. The lowest BCUT2D eigenvalue weighted by atomic mass is 10.2. The van der Waals surface area contributed by atoms with Gasteiger partial charge in [-0.2, -0.15) is 0 Å². The summed E-state index contributed by atoms with van der Waals surface area (Å²) in [7, 11) is 0. The van der Waals surface area contributed by atoms with Crippen molar-refractivity contribution in [3.05, 3.63) is 11.4 Å². The van der Waals surface area contributed by atoms with Crippen LogP contribution in [0.25, 0.3) is 0 Å². The zero-order valence-electron chi connectivity index (χ0n) is 11.2. The van der Waals surface area contributed by atoms with Gasteiger partial charge in [0.2, 0.25) is 0 Å². The third-order valence-electron chi connectivity index (χ3n) is 4.07. The smallest absolute Gasteiger partial charge is 0.148 e.